The number of aromatic nitrogens is 1. The van der Waals surface area contributed by atoms with Crippen LogP contribution in [-0.2, 0) is 6.42 Å². The van der Waals surface area contributed by atoms with Gasteiger partial charge in [-0.15, -0.1) is 0 Å². The lowest BCUT2D eigenvalue weighted by Crippen LogP contribution is -2.13. The van der Waals surface area contributed by atoms with Gasteiger partial charge in [-0.25, -0.2) is 4.98 Å². The molecule has 0 fully saturated rings. The van der Waals surface area contributed by atoms with Gasteiger partial charge in [0.15, 0.2) is 5.13 Å². The third-order valence-electron chi connectivity index (χ3n) is 3.76. The van der Waals surface area contributed by atoms with Gasteiger partial charge in [0, 0.05) is 6.07 Å². The van der Waals surface area contributed by atoms with Crippen molar-refractivity contribution in [2.24, 2.45) is 0 Å². The number of para-hydroxylation sites is 1. The molecule has 0 saturated carbocycles. The molecular weight excluding hydrogens is 324 g/mol. The van der Waals surface area contributed by atoms with Gasteiger partial charge in [0.05, 0.1) is 30.0 Å². The van der Waals surface area contributed by atoms with Crippen LogP contribution in [0.3, 0.4) is 0 Å². The molecule has 0 saturated heterocycles. The third kappa shape index (κ3) is 3.05. The average Bonchev–Trinajstić information content (AvgIpc) is 3.03. The molecule has 5 nitrogen and oxygen atoms in total. The van der Waals surface area contributed by atoms with Crippen molar-refractivity contribution < 1.29 is 14.3 Å². The highest BCUT2D eigenvalue weighted by atomic mass is 32.1. The third-order valence-corrected chi connectivity index (χ3v) is 4.69. The number of hydrogen-bond donors (Lipinski definition) is 1. The minimum Gasteiger partial charge on any atom is -0.497 e. The summed E-state index contributed by atoms with van der Waals surface area (Å²) in [5, 5.41) is 3.44. The van der Waals surface area contributed by atoms with Crippen LogP contribution < -0.4 is 14.8 Å². The average molecular weight is 342 g/mol. The van der Waals surface area contributed by atoms with Crippen LogP contribution in [-0.4, -0.2) is 25.1 Å². The molecule has 1 amide bonds. The maximum Gasteiger partial charge on any atom is 0.261 e. The van der Waals surface area contributed by atoms with Crippen molar-refractivity contribution in [1.29, 1.82) is 0 Å². The van der Waals surface area contributed by atoms with Gasteiger partial charge in [-0.05, 0) is 30.2 Å². The summed E-state index contributed by atoms with van der Waals surface area (Å²) in [7, 11) is 3.09. The van der Waals surface area contributed by atoms with E-state index >= 15 is 0 Å². The van der Waals surface area contributed by atoms with Crippen LogP contribution in [0.25, 0.3) is 10.2 Å². The summed E-state index contributed by atoms with van der Waals surface area (Å²) in [6.45, 7) is 2.09. The Hall–Kier alpha value is -2.60. The Kier molecular flexibility index (Phi) is 4.66. The second-order valence-electron chi connectivity index (χ2n) is 5.16. The molecule has 0 spiro atoms. The van der Waals surface area contributed by atoms with E-state index in [1.165, 1.54) is 24.0 Å². The molecule has 0 aliphatic heterocycles. The van der Waals surface area contributed by atoms with Gasteiger partial charge >= 0.3 is 0 Å². The molecule has 2 aromatic carbocycles. The second kappa shape index (κ2) is 6.88. The number of thiazole rings is 1. The fraction of sp³-hybridized carbons (Fsp3) is 0.222. The number of fused-ring (bicyclic) bond motifs is 1. The van der Waals surface area contributed by atoms with Crippen molar-refractivity contribution in [2.45, 2.75) is 13.3 Å². The van der Waals surface area contributed by atoms with E-state index in [1.54, 1.807) is 25.3 Å². The number of methoxy groups -OCH3 is 2. The first kappa shape index (κ1) is 16.3. The van der Waals surface area contributed by atoms with Crippen molar-refractivity contribution in [3.05, 3.63) is 47.5 Å². The molecule has 1 N–H and O–H groups in total. The summed E-state index contributed by atoms with van der Waals surface area (Å²) in [6, 6.07) is 11.2. The normalized spacial score (nSPS) is 10.6. The van der Waals surface area contributed by atoms with Crippen LogP contribution in [0.2, 0.25) is 0 Å². The molecule has 0 atom stereocenters. The van der Waals surface area contributed by atoms with Crippen LogP contribution in [0.4, 0.5) is 5.13 Å². The summed E-state index contributed by atoms with van der Waals surface area (Å²) >= 11 is 1.46. The number of nitrogens with one attached hydrogen (secondary N) is 1. The SMILES string of the molecule is CCc1cccc2sc(NC(=O)c3ccc(OC)cc3OC)nc12. The molecule has 1 aromatic heterocycles. The zero-order chi connectivity index (χ0) is 17.1. The number of amides is 1. The molecule has 0 radical (unpaired) electrons. The molecule has 0 aliphatic carbocycles. The fourth-order valence-electron chi connectivity index (χ4n) is 2.49. The summed E-state index contributed by atoms with van der Waals surface area (Å²) in [5.41, 5.74) is 2.56. The Balaban J connectivity index is 1.90. The molecular formula is C18H18N2O3S. The van der Waals surface area contributed by atoms with E-state index in [2.05, 4.69) is 23.3 Å². The Morgan fingerprint density at radius 3 is 2.75 bits per heavy atom. The van der Waals surface area contributed by atoms with Crippen molar-refractivity contribution in [3.8, 4) is 11.5 Å². The smallest absolute Gasteiger partial charge is 0.261 e. The molecule has 24 heavy (non-hydrogen) atoms. The van der Waals surface area contributed by atoms with Crippen molar-refractivity contribution in [1.82, 2.24) is 4.98 Å². The first-order chi connectivity index (χ1) is 11.7. The lowest BCUT2D eigenvalue weighted by atomic mass is 10.1. The van der Waals surface area contributed by atoms with Crippen molar-refractivity contribution >= 4 is 32.6 Å². The monoisotopic (exact) mass is 342 g/mol. The number of rotatable bonds is 5. The number of ether oxygens (including phenoxy) is 2. The standard InChI is InChI=1S/C18H18N2O3S/c1-4-11-6-5-7-15-16(11)19-18(24-15)20-17(21)13-9-8-12(22-2)10-14(13)23-3/h5-10H,4H2,1-3H3,(H,19,20,21). The van der Waals surface area contributed by atoms with E-state index in [-0.39, 0.29) is 5.91 Å². The molecule has 6 heteroatoms. The number of aryl methyl sites for hydroxylation is 1. The van der Waals surface area contributed by atoms with Gasteiger partial charge < -0.3 is 9.47 Å². The van der Waals surface area contributed by atoms with E-state index in [4.69, 9.17) is 9.47 Å². The van der Waals surface area contributed by atoms with Gasteiger partial charge in [0.25, 0.3) is 5.91 Å². The molecule has 0 bridgehead atoms. The predicted octanol–water partition coefficient (Wildman–Crippen LogP) is 4.13. The van der Waals surface area contributed by atoms with E-state index in [9.17, 15) is 4.79 Å². The zero-order valence-corrected chi connectivity index (χ0v) is 14.6. The van der Waals surface area contributed by atoms with Gasteiger partial charge in [-0.3, -0.25) is 10.1 Å². The number of hydrogen-bond acceptors (Lipinski definition) is 5. The first-order valence-corrected chi connectivity index (χ1v) is 8.39. The molecule has 1 heterocycles. The van der Waals surface area contributed by atoms with Crippen LogP contribution >= 0.6 is 11.3 Å². The summed E-state index contributed by atoms with van der Waals surface area (Å²) in [6.07, 6.45) is 0.904. The largest absolute Gasteiger partial charge is 0.497 e. The Bertz CT molecular complexity index is 889. The molecule has 3 aromatic rings. The van der Waals surface area contributed by atoms with Crippen LogP contribution in [0.15, 0.2) is 36.4 Å². The van der Waals surface area contributed by atoms with Crippen LogP contribution in [0, 0.1) is 0 Å². The summed E-state index contributed by atoms with van der Waals surface area (Å²) in [4.78, 5) is 17.1. The lowest BCUT2D eigenvalue weighted by molar-refractivity contribution is 0.102. The van der Waals surface area contributed by atoms with E-state index < -0.39 is 0 Å². The van der Waals surface area contributed by atoms with Gasteiger partial charge in [-0.1, -0.05) is 30.4 Å². The Labute approximate surface area is 144 Å². The zero-order valence-electron chi connectivity index (χ0n) is 13.8. The predicted molar refractivity (Wildman–Crippen MR) is 96.5 cm³/mol. The molecule has 124 valence electrons. The van der Waals surface area contributed by atoms with E-state index in [0.717, 1.165) is 16.6 Å². The molecule has 3 rings (SSSR count). The maximum atomic E-state index is 12.6. The summed E-state index contributed by atoms with van der Waals surface area (Å²) < 4.78 is 11.5. The van der Waals surface area contributed by atoms with Crippen LogP contribution in [0.5, 0.6) is 11.5 Å². The van der Waals surface area contributed by atoms with Crippen LogP contribution in [0.1, 0.15) is 22.8 Å². The number of anilines is 1. The second-order valence-corrected chi connectivity index (χ2v) is 6.19. The van der Waals surface area contributed by atoms with E-state index in [1.807, 2.05) is 12.1 Å². The highest BCUT2D eigenvalue weighted by Crippen LogP contribution is 2.30. The Morgan fingerprint density at radius 2 is 2.04 bits per heavy atom. The Morgan fingerprint density at radius 1 is 1.21 bits per heavy atom. The van der Waals surface area contributed by atoms with E-state index in [0.29, 0.717) is 22.2 Å². The van der Waals surface area contributed by atoms with Gasteiger partial charge in [0.1, 0.15) is 11.5 Å². The number of carbonyl (C=O) groups is 1. The van der Waals surface area contributed by atoms with Gasteiger partial charge in [-0.2, -0.15) is 0 Å². The molecule has 0 aliphatic rings. The first-order valence-electron chi connectivity index (χ1n) is 7.58. The fourth-order valence-corrected chi connectivity index (χ4v) is 3.40. The quantitative estimate of drug-likeness (QED) is 0.757. The summed E-state index contributed by atoms with van der Waals surface area (Å²) in [5.74, 6) is 0.838. The lowest BCUT2D eigenvalue weighted by Gasteiger charge is -2.09. The van der Waals surface area contributed by atoms with Crippen molar-refractivity contribution in [2.75, 3.05) is 19.5 Å². The minimum atomic E-state index is -0.258. The highest BCUT2D eigenvalue weighted by Gasteiger charge is 2.16. The number of nitrogens with zero attached hydrogens (tertiary/aromatic N) is 1. The van der Waals surface area contributed by atoms with Gasteiger partial charge in [0.2, 0.25) is 0 Å². The highest BCUT2D eigenvalue weighted by molar-refractivity contribution is 7.22. The maximum absolute atomic E-state index is 12.6. The topological polar surface area (TPSA) is 60.5 Å². The minimum absolute atomic E-state index is 0.258. The van der Waals surface area contributed by atoms with Crippen molar-refractivity contribution in [3.63, 3.8) is 0 Å². The number of benzene rings is 2. The molecule has 0 unspecified atom stereocenters. The number of carbonyl (C=O) groups excluding carboxylic acids is 1.